The van der Waals surface area contributed by atoms with Crippen LogP contribution in [0.25, 0.3) is 0 Å². The van der Waals surface area contributed by atoms with Crippen LogP contribution < -0.4 is 5.73 Å². The van der Waals surface area contributed by atoms with Crippen LogP contribution in [0.3, 0.4) is 0 Å². The normalized spacial score (nSPS) is 13.9. The van der Waals surface area contributed by atoms with Crippen molar-refractivity contribution >= 4 is 6.03 Å². The number of rotatable bonds is 6. The molecule has 0 saturated heterocycles. The lowest BCUT2D eigenvalue weighted by molar-refractivity contribution is 0.0747. The van der Waals surface area contributed by atoms with Gasteiger partial charge in [0.2, 0.25) is 0 Å². The van der Waals surface area contributed by atoms with Gasteiger partial charge in [-0.3, -0.25) is 0 Å². The molecule has 0 heterocycles. The number of urea groups is 1. The minimum atomic E-state index is -0.371. The number of hydrogen-bond donors (Lipinski definition) is 2. The summed E-state index contributed by atoms with van der Waals surface area (Å²) in [5.41, 5.74) is 8.21. The first-order valence-electron chi connectivity index (χ1n) is 11.9. The molecule has 0 fully saturated rings. The number of aromatic hydroxyl groups is 1. The molecular formula is C28H50N2O2. The number of carbonyl (C=O) groups excluding carboxylic acids is 1. The Morgan fingerprint density at radius 2 is 1.25 bits per heavy atom. The molecule has 0 unspecified atom stereocenters. The molecule has 1 aromatic rings. The maximum atomic E-state index is 12.5. The van der Waals surface area contributed by atoms with Crippen molar-refractivity contribution in [1.29, 1.82) is 0 Å². The van der Waals surface area contributed by atoms with Crippen molar-refractivity contribution in [3.8, 4) is 5.75 Å². The number of phenolic OH excluding ortho intramolecular Hbond substituents is 1. The lowest BCUT2D eigenvalue weighted by Gasteiger charge is -2.45. The average Bonchev–Trinajstić information content (AvgIpc) is 2.49. The third kappa shape index (κ3) is 7.71. The number of nitrogens with zero attached hydrogens (tertiary/aromatic N) is 1. The van der Waals surface area contributed by atoms with Crippen molar-refractivity contribution in [3.05, 3.63) is 28.8 Å². The molecule has 1 aromatic carbocycles. The lowest BCUT2D eigenvalue weighted by Crippen LogP contribution is -2.55. The van der Waals surface area contributed by atoms with Crippen molar-refractivity contribution in [2.45, 2.75) is 119 Å². The summed E-state index contributed by atoms with van der Waals surface area (Å²) < 4.78 is 0. The Morgan fingerprint density at radius 3 is 1.56 bits per heavy atom. The second-order valence-electron chi connectivity index (χ2n) is 14.4. The molecule has 4 nitrogen and oxygen atoms in total. The van der Waals surface area contributed by atoms with E-state index in [4.69, 9.17) is 5.73 Å². The van der Waals surface area contributed by atoms with Gasteiger partial charge in [0.05, 0.1) is 0 Å². The fraction of sp³-hybridized carbons (Fsp3) is 0.750. The van der Waals surface area contributed by atoms with E-state index >= 15 is 0 Å². The van der Waals surface area contributed by atoms with Crippen LogP contribution in [-0.4, -0.2) is 28.1 Å². The quantitative estimate of drug-likeness (QED) is 0.487. The molecule has 0 bridgehead atoms. The van der Waals surface area contributed by atoms with E-state index < -0.39 is 0 Å². The molecular weight excluding hydrogens is 396 g/mol. The first-order valence-corrected chi connectivity index (χ1v) is 11.9. The van der Waals surface area contributed by atoms with E-state index in [-0.39, 0.29) is 33.2 Å². The minimum absolute atomic E-state index is 0.0848. The van der Waals surface area contributed by atoms with Gasteiger partial charge in [-0.15, -0.1) is 0 Å². The smallest absolute Gasteiger partial charge is 0.315 e. The highest BCUT2D eigenvalue weighted by atomic mass is 16.3. The molecule has 4 heteroatoms. The van der Waals surface area contributed by atoms with Gasteiger partial charge in [-0.05, 0) is 65.0 Å². The average molecular weight is 447 g/mol. The van der Waals surface area contributed by atoms with E-state index in [0.717, 1.165) is 24.0 Å². The fourth-order valence-corrected chi connectivity index (χ4v) is 4.96. The van der Waals surface area contributed by atoms with Gasteiger partial charge in [-0.25, -0.2) is 4.79 Å². The van der Waals surface area contributed by atoms with E-state index in [2.05, 4.69) is 102 Å². The summed E-state index contributed by atoms with van der Waals surface area (Å²) >= 11 is 0. The predicted molar refractivity (Wildman–Crippen MR) is 137 cm³/mol. The monoisotopic (exact) mass is 446 g/mol. The second kappa shape index (κ2) is 8.91. The van der Waals surface area contributed by atoms with E-state index in [9.17, 15) is 9.90 Å². The maximum Gasteiger partial charge on any atom is 0.315 e. The third-order valence-corrected chi connectivity index (χ3v) is 6.01. The highest BCUT2D eigenvalue weighted by Crippen LogP contribution is 2.41. The molecule has 0 aromatic heterocycles. The summed E-state index contributed by atoms with van der Waals surface area (Å²) in [7, 11) is 0. The molecule has 0 aliphatic heterocycles. The Hall–Kier alpha value is -1.71. The molecule has 0 aliphatic carbocycles. The van der Waals surface area contributed by atoms with Crippen LogP contribution in [0.2, 0.25) is 0 Å². The fourth-order valence-electron chi connectivity index (χ4n) is 4.96. The summed E-state index contributed by atoms with van der Waals surface area (Å²) in [6.07, 6.45) is 1.65. The van der Waals surface area contributed by atoms with Crippen molar-refractivity contribution in [2.75, 3.05) is 6.54 Å². The number of benzene rings is 1. The van der Waals surface area contributed by atoms with Crippen molar-refractivity contribution < 1.29 is 9.90 Å². The van der Waals surface area contributed by atoms with Crippen molar-refractivity contribution in [2.24, 2.45) is 16.6 Å². The standard InChI is InChI=1S/C28H50N2O2/c1-24(2,3)17-28(12,13)30(23(29)32)18-27(10,11)16-19-14-20(25(4,5)6)22(31)21(15-19)26(7,8)9/h14-15,31H,16-18H2,1-13H3,(H2,29,32). The summed E-state index contributed by atoms with van der Waals surface area (Å²) in [6.45, 7) is 28.5. The SMILES string of the molecule is CC(C)(C)CC(C)(C)N(CC(C)(C)Cc1cc(C(C)(C)C)c(O)c(C(C)(C)C)c1)C(N)=O. The first kappa shape index (κ1) is 28.3. The molecule has 0 atom stereocenters. The van der Waals surface area contributed by atoms with Gasteiger partial charge in [0, 0.05) is 12.1 Å². The largest absolute Gasteiger partial charge is 0.507 e. The van der Waals surface area contributed by atoms with Crippen molar-refractivity contribution in [1.82, 2.24) is 4.90 Å². The van der Waals surface area contributed by atoms with E-state index in [1.54, 1.807) is 0 Å². The Kier molecular flexibility index (Phi) is 7.89. The van der Waals surface area contributed by atoms with Gasteiger partial charge in [0.1, 0.15) is 5.75 Å². The highest BCUT2D eigenvalue weighted by molar-refractivity contribution is 5.73. The van der Waals surface area contributed by atoms with Gasteiger partial charge in [0.25, 0.3) is 0 Å². The molecule has 184 valence electrons. The van der Waals surface area contributed by atoms with Crippen LogP contribution in [0.1, 0.15) is 113 Å². The number of hydrogen-bond acceptors (Lipinski definition) is 2. The topological polar surface area (TPSA) is 66.6 Å². The summed E-state index contributed by atoms with van der Waals surface area (Å²) in [5.74, 6) is 0.400. The number of phenols is 1. The predicted octanol–water partition coefficient (Wildman–Crippen LogP) is 7.15. The molecule has 0 aliphatic rings. The Bertz CT molecular complexity index is 780. The number of nitrogens with two attached hydrogens (primary N) is 1. The zero-order chi connectivity index (χ0) is 25.5. The second-order valence-corrected chi connectivity index (χ2v) is 14.4. The van der Waals surface area contributed by atoms with E-state index in [1.165, 1.54) is 5.56 Å². The Balaban J connectivity index is 3.39. The molecule has 0 radical (unpaired) electrons. The molecule has 0 spiro atoms. The number of amides is 2. The molecule has 3 N–H and O–H groups in total. The lowest BCUT2D eigenvalue weighted by atomic mass is 9.75. The van der Waals surface area contributed by atoms with Crippen molar-refractivity contribution in [3.63, 3.8) is 0 Å². The number of carbonyl (C=O) groups is 1. The first-order chi connectivity index (χ1) is 14.0. The van der Waals surface area contributed by atoms with Crippen LogP contribution in [0.5, 0.6) is 5.75 Å². The van der Waals surface area contributed by atoms with Crippen LogP contribution >= 0.6 is 0 Å². The Morgan fingerprint density at radius 1 is 0.844 bits per heavy atom. The molecule has 32 heavy (non-hydrogen) atoms. The Labute approximate surface area is 198 Å². The van der Waals surface area contributed by atoms with Gasteiger partial charge < -0.3 is 15.7 Å². The van der Waals surface area contributed by atoms with Crippen LogP contribution in [0, 0.1) is 10.8 Å². The van der Waals surface area contributed by atoms with Gasteiger partial charge >= 0.3 is 6.03 Å². The van der Waals surface area contributed by atoms with E-state index in [0.29, 0.717) is 12.3 Å². The van der Waals surface area contributed by atoms with E-state index in [1.807, 2.05) is 4.90 Å². The summed E-state index contributed by atoms with van der Waals surface area (Å²) in [6, 6.07) is 3.91. The zero-order valence-corrected chi connectivity index (χ0v) is 23.2. The summed E-state index contributed by atoms with van der Waals surface area (Å²) in [4.78, 5) is 14.3. The summed E-state index contributed by atoms with van der Waals surface area (Å²) in [5, 5.41) is 11.0. The third-order valence-electron chi connectivity index (χ3n) is 6.01. The molecule has 1 rings (SSSR count). The van der Waals surface area contributed by atoms with Crippen LogP contribution in [0.15, 0.2) is 12.1 Å². The maximum absolute atomic E-state index is 12.5. The van der Waals surface area contributed by atoms with Gasteiger partial charge in [-0.1, -0.05) is 88.3 Å². The van der Waals surface area contributed by atoms with Gasteiger partial charge in [-0.2, -0.15) is 0 Å². The highest BCUT2D eigenvalue weighted by Gasteiger charge is 2.37. The minimum Gasteiger partial charge on any atom is -0.507 e. The van der Waals surface area contributed by atoms with Gasteiger partial charge in [0.15, 0.2) is 0 Å². The van der Waals surface area contributed by atoms with Crippen LogP contribution in [-0.2, 0) is 17.3 Å². The molecule has 0 saturated carbocycles. The molecule has 2 amide bonds. The number of primary amides is 1. The van der Waals surface area contributed by atoms with Crippen LogP contribution in [0.4, 0.5) is 4.79 Å². The zero-order valence-electron chi connectivity index (χ0n) is 23.2.